The number of benzene rings is 1. The number of rotatable bonds is 9. The number of guanidine groups is 1. The highest BCUT2D eigenvalue weighted by Crippen LogP contribution is 2.24. The fourth-order valence-corrected chi connectivity index (χ4v) is 2.70. The smallest absolute Gasteiger partial charge is 0.191 e. The maximum atomic E-state index is 5.81. The van der Waals surface area contributed by atoms with Gasteiger partial charge in [-0.25, -0.2) is 4.98 Å². The Morgan fingerprint density at radius 1 is 1.11 bits per heavy atom. The van der Waals surface area contributed by atoms with Crippen LogP contribution in [0.15, 0.2) is 41.5 Å². The van der Waals surface area contributed by atoms with E-state index in [1.807, 2.05) is 31.2 Å². The van der Waals surface area contributed by atoms with Crippen LogP contribution in [0.25, 0.3) is 0 Å². The highest BCUT2D eigenvalue weighted by molar-refractivity contribution is 14.0. The molecule has 0 bridgehead atoms. The summed E-state index contributed by atoms with van der Waals surface area (Å²) in [5.41, 5.74) is 2.20. The molecule has 0 atom stereocenters. The molecule has 0 aliphatic carbocycles. The summed E-state index contributed by atoms with van der Waals surface area (Å²) in [5.74, 6) is 2.46. The van der Waals surface area contributed by atoms with Gasteiger partial charge in [0.1, 0.15) is 16.7 Å². The molecule has 1 aromatic heterocycles. The monoisotopic (exact) mass is 518 g/mol. The van der Waals surface area contributed by atoms with Crippen molar-refractivity contribution in [2.24, 2.45) is 4.99 Å². The van der Waals surface area contributed by atoms with E-state index in [0.29, 0.717) is 11.7 Å². The summed E-state index contributed by atoms with van der Waals surface area (Å²) in [6.07, 6.45) is 3.40. The minimum absolute atomic E-state index is 0. The van der Waals surface area contributed by atoms with Gasteiger partial charge in [0.25, 0.3) is 0 Å². The molecule has 0 aliphatic rings. The molecule has 1 heterocycles. The van der Waals surface area contributed by atoms with Crippen molar-refractivity contribution in [2.45, 2.75) is 19.8 Å². The van der Waals surface area contributed by atoms with Gasteiger partial charge in [-0.2, -0.15) is 0 Å². The molecule has 2 rings (SSSR count). The third-order valence-corrected chi connectivity index (χ3v) is 4.20. The van der Waals surface area contributed by atoms with Crippen molar-refractivity contribution < 1.29 is 9.47 Å². The molecule has 28 heavy (non-hydrogen) atoms. The number of nitrogens with one attached hydrogen (secondary N) is 2. The van der Waals surface area contributed by atoms with Crippen molar-refractivity contribution in [2.75, 3.05) is 33.9 Å². The van der Waals surface area contributed by atoms with Crippen LogP contribution in [-0.4, -0.2) is 44.8 Å². The van der Waals surface area contributed by atoms with E-state index >= 15 is 0 Å². The number of pyridine rings is 1. The van der Waals surface area contributed by atoms with E-state index in [1.165, 1.54) is 0 Å². The van der Waals surface area contributed by atoms with Crippen LogP contribution >= 0.6 is 35.6 Å². The fraction of sp³-hybridized carbons (Fsp3) is 0.400. The molecular weight excluding hydrogens is 491 g/mol. The topological polar surface area (TPSA) is 67.8 Å². The van der Waals surface area contributed by atoms with Crippen LogP contribution in [0.1, 0.15) is 18.1 Å². The van der Waals surface area contributed by atoms with Gasteiger partial charge in [0, 0.05) is 25.8 Å². The lowest BCUT2D eigenvalue weighted by Crippen LogP contribution is -2.38. The summed E-state index contributed by atoms with van der Waals surface area (Å²) in [6.45, 7) is 4.25. The van der Waals surface area contributed by atoms with Gasteiger partial charge in [-0.3, -0.25) is 4.99 Å². The van der Waals surface area contributed by atoms with Gasteiger partial charge in [0.2, 0.25) is 0 Å². The zero-order valence-electron chi connectivity index (χ0n) is 16.5. The maximum Gasteiger partial charge on any atom is 0.191 e. The molecule has 0 fully saturated rings. The van der Waals surface area contributed by atoms with E-state index in [9.17, 15) is 0 Å². The standard InChI is InChI=1S/C20H27ClN4O2.HI/c1-4-22-20(23-11-9-15-5-8-19(21)25-14-15)24-12-10-16-13-17(26-2)6-7-18(16)27-3;/h5-8,13-14H,4,9-12H2,1-3H3,(H2,22,23,24);1H. The van der Waals surface area contributed by atoms with E-state index in [0.717, 1.165) is 54.5 Å². The summed E-state index contributed by atoms with van der Waals surface area (Å²) in [5, 5.41) is 7.11. The van der Waals surface area contributed by atoms with E-state index in [4.69, 9.17) is 21.1 Å². The number of ether oxygens (including phenoxy) is 2. The van der Waals surface area contributed by atoms with Crippen LogP contribution in [-0.2, 0) is 12.8 Å². The third kappa shape index (κ3) is 8.10. The van der Waals surface area contributed by atoms with Gasteiger partial charge < -0.3 is 20.1 Å². The first-order valence-corrected chi connectivity index (χ1v) is 9.37. The van der Waals surface area contributed by atoms with E-state index in [1.54, 1.807) is 26.5 Å². The molecule has 1 aromatic carbocycles. The van der Waals surface area contributed by atoms with Crippen LogP contribution in [0, 0.1) is 0 Å². The van der Waals surface area contributed by atoms with Gasteiger partial charge in [-0.05, 0) is 55.2 Å². The Balaban J connectivity index is 0.00000392. The van der Waals surface area contributed by atoms with E-state index < -0.39 is 0 Å². The van der Waals surface area contributed by atoms with Crippen LogP contribution < -0.4 is 20.1 Å². The Morgan fingerprint density at radius 2 is 1.93 bits per heavy atom. The lowest BCUT2D eigenvalue weighted by atomic mass is 10.1. The van der Waals surface area contributed by atoms with E-state index in [2.05, 4.69) is 20.6 Å². The van der Waals surface area contributed by atoms with E-state index in [-0.39, 0.29) is 24.0 Å². The molecule has 154 valence electrons. The number of methoxy groups -OCH3 is 2. The molecule has 6 nitrogen and oxygen atoms in total. The normalized spacial score (nSPS) is 10.8. The quantitative estimate of drug-likeness (QED) is 0.229. The Morgan fingerprint density at radius 3 is 2.57 bits per heavy atom. The van der Waals surface area contributed by atoms with Crippen LogP contribution in [0.2, 0.25) is 5.15 Å². The van der Waals surface area contributed by atoms with Crippen LogP contribution in [0.5, 0.6) is 11.5 Å². The summed E-state index contributed by atoms with van der Waals surface area (Å²) in [6, 6.07) is 9.58. The van der Waals surface area contributed by atoms with Crippen molar-refractivity contribution in [3.63, 3.8) is 0 Å². The molecule has 0 saturated carbocycles. The zero-order valence-corrected chi connectivity index (χ0v) is 19.6. The minimum atomic E-state index is 0. The Hall–Kier alpha value is -1.74. The first-order chi connectivity index (χ1) is 13.2. The Labute approximate surface area is 189 Å². The first-order valence-electron chi connectivity index (χ1n) is 8.99. The van der Waals surface area contributed by atoms with Crippen LogP contribution in [0.4, 0.5) is 0 Å². The highest BCUT2D eigenvalue weighted by atomic mass is 127. The number of hydrogen-bond donors (Lipinski definition) is 2. The number of nitrogens with zero attached hydrogens (tertiary/aromatic N) is 2. The molecule has 2 N–H and O–H groups in total. The highest BCUT2D eigenvalue weighted by Gasteiger charge is 2.05. The first kappa shape index (κ1) is 24.3. The second-order valence-corrected chi connectivity index (χ2v) is 6.24. The van der Waals surface area contributed by atoms with Crippen molar-refractivity contribution in [3.8, 4) is 11.5 Å². The fourth-order valence-electron chi connectivity index (χ4n) is 2.59. The molecule has 0 radical (unpaired) electrons. The SMILES string of the molecule is CCNC(=NCCc1cc(OC)ccc1OC)NCCc1ccc(Cl)nc1.I. The number of hydrogen-bond acceptors (Lipinski definition) is 4. The van der Waals surface area contributed by atoms with Gasteiger partial charge in [-0.15, -0.1) is 24.0 Å². The Kier molecular flexibility index (Phi) is 11.7. The summed E-state index contributed by atoms with van der Waals surface area (Å²) < 4.78 is 10.7. The third-order valence-electron chi connectivity index (χ3n) is 3.98. The molecule has 0 saturated heterocycles. The average Bonchev–Trinajstić information content (AvgIpc) is 2.69. The van der Waals surface area contributed by atoms with Gasteiger partial charge >= 0.3 is 0 Å². The van der Waals surface area contributed by atoms with Crippen LogP contribution in [0.3, 0.4) is 0 Å². The van der Waals surface area contributed by atoms with Crippen molar-refractivity contribution in [1.29, 1.82) is 0 Å². The lowest BCUT2D eigenvalue weighted by Gasteiger charge is -2.12. The molecular formula is C20H28ClIN4O2. The summed E-state index contributed by atoms with van der Waals surface area (Å²) in [4.78, 5) is 8.74. The summed E-state index contributed by atoms with van der Waals surface area (Å²) >= 11 is 5.81. The van der Waals surface area contributed by atoms with Crippen molar-refractivity contribution in [3.05, 3.63) is 52.8 Å². The molecule has 8 heteroatoms. The predicted octanol–water partition coefficient (Wildman–Crippen LogP) is 3.71. The minimum Gasteiger partial charge on any atom is -0.497 e. The predicted molar refractivity (Wildman–Crippen MR) is 126 cm³/mol. The maximum absolute atomic E-state index is 5.81. The van der Waals surface area contributed by atoms with Gasteiger partial charge in [-0.1, -0.05) is 17.7 Å². The summed E-state index contributed by atoms with van der Waals surface area (Å²) in [7, 11) is 3.33. The van der Waals surface area contributed by atoms with Gasteiger partial charge in [0.15, 0.2) is 5.96 Å². The number of aromatic nitrogens is 1. The van der Waals surface area contributed by atoms with Crippen molar-refractivity contribution in [1.82, 2.24) is 15.6 Å². The second-order valence-electron chi connectivity index (χ2n) is 5.85. The second kappa shape index (κ2) is 13.4. The molecule has 0 amide bonds. The number of halogens is 2. The largest absolute Gasteiger partial charge is 0.497 e. The lowest BCUT2D eigenvalue weighted by molar-refractivity contribution is 0.399. The molecule has 0 spiro atoms. The number of aliphatic imine (C=N–C) groups is 1. The molecule has 2 aromatic rings. The van der Waals surface area contributed by atoms with Gasteiger partial charge in [0.05, 0.1) is 14.2 Å². The van der Waals surface area contributed by atoms with Crippen molar-refractivity contribution >= 4 is 41.5 Å². The zero-order chi connectivity index (χ0) is 19.5. The molecule has 0 unspecified atom stereocenters. The molecule has 0 aliphatic heterocycles. The Bertz CT molecular complexity index is 741. The average molecular weight is 519 g/mol.